The van der Waals surface area contributed by atoms with Crippen LogP contribution in [0.2, 0.25) is 0 Å². The van der Waals surface area contributed by atoms with Crippen molar-refractivity contribution in [1.82, 2.24) is 5.32 Å². The Labute approximate surface area is 173 Å². The predicted octanol–water partition coefficient (Wildman–Crippen LogP) is 3.68. The van der Waals surface area contributed by atoms with Gasteiger partial charge in [0.2, 0.25) is 15.9 Å². The van der Waals surface area contributed by atoms with E-state index in [1.54, 1.807) is 7.11 Å². The number of aryl methyl sites for hydroxylation is 1. The SMILES string of the molecule is CCc1ccc(N(CCCC(=O)NC(C)c2ccc(OC)cc2)S(C)(=O)=O)cc1. The largest absolute Gasteiger partial charge is 0.497 e. The van der Waals surface area contributed by atoms with Gasteiger partial charge in [-0.25, -0.2) is 8.42 Å². The van der Waals surface area contributed by atoms with E-state index in [0.717, 1.165) is 23.3 Å². The molecule has 1 N–H and O–H groups in total. The summed E-state index contributed by atoms with van der Waals surface area (Å²) >= 11 is 0. The van der Waals surface area contributed by atoms with Gasteiger partial charge in [0.1, 0.15) is 5.75 Å². The lowest BCUT2D eigenvalue weighted by Crippen LogP contribution is -2.32. The Morgan fingerprint density at radius 1 is 1.10 bits per heavy atom. The second-order valence-electron chi connectivity index (χ2n) is 7.02. The van der Waals surface area contributed by atoms with Gasteiger partial charge in [0.25, 0.3) is 0 Å². The average Bonchev–Trinajstić information content (AvgIpc) is 2.70. The van der Waals surface area contributed by atoms with Crippen molar-refractivity contribution in [1.29, 1.82) is 0 Å². The molecule has 0 bridgehead atoms. The van der Waals surface area contributed by atoms with Crippen LogP contribution >= 0.6 is 0 Å². The minimum atomic E-state index is -3.42. The van der Waals surface area contributed by atoms with Gasteiger partial charge in [-0.2, -0.15) is 0 Å². The zero-order chi connectivity index (χ0) is 21.4. The molecule has 6 nitrogen and oxygen atoms in total. The first-order chi connectivity index (χ1) is 13.7. The minimum absolute atomic E-state index is 0.108. The monoisotopic (exact) mass is 418 g/mol. The van der Waals surface area contributed by atoms with Crippen LogP contribution in [0, 0.1) is 0 Å². The van der Waals surface area contributed by atoms with E-state index in [0.29, 0.717) is 12.1 Å². The molecule has 0 aliphatic rings. The van der Waals surface area contributed by atoms with E-state index in [1.807, 2.05) is 55.5 Å². The number of ether oxygens (including phenoxy) is 1. The first-order valence-electron chi connectivity index (χ1n) is 9.74. The molecule has 1 atom stereocenters. The Morgan fingerprint density at radius 2 is 1.72 bits per heavy atom. The summed E-state index contributed by atoms with van der Waals surface area (Å²) in [6.45, 7) is 4.22. The molecule has 0 saturated carbocycles. The van der Waals surface area contributed by atoms with Gasteiger partial charge in [-0.1, -0.05) is 31.2 Å². The number of nitrogens with zero attached hydrogens (tertiary/aromatic N) is 1. The van der Waals surface area contributed by atoms with E-state index in [-0.39, 0.29) is 24.9 Å². The lowest BCUT2D eigenvalue weighted by molar-refractivity contribution is -0.121. The average molecular weight is 419 g/mol. The summed E-state index contributed by atoms with van der Waals surface area (Å²) in [5, 5.41) is 2.95. The first kappa shape index (κ1) is 22.7. The number of carbonyl (C=O) groups is 1. The molecule has 0 fully saturated rings. The molecule has 0 spiro atoms. The van der Waals surface area contributed by atoms with Gasteiger partial charge < -0.3 is 10.1 Å². The Kier molecular flexibility index (Phi) is 8.08. The highest BCUT2D eigenvalue weighted by Gasteiger charge is 2.18. The Balaban J connectivity index is 1.91. The van der Waals surface area contributed by atoms with Crippen LogP contribution < -0.4 is 14.4 Å². The number of benzene rings is 2. The van der Waals surface area contributed by atoms with Crippen LogP contribution in [0.3, 0.4) is 0 Å². The van der Waals surface area contributed by atoms with E-state index in [1.165, 1.54) is 10.6 Å². The lowest BCUT2D eigenvalue weighted by Gasteiger charge is -2.23. The molecule has 0 aromatic heterocycles. The summed E-state index contributed by atoms with van der Waals surface area (Å²) in [5.74, 6) is 0.656. The summed E-state index contributed by atoms with van der Waals surface area (Å²) in [7, 11) is -1.81. The standard InChI is InChI=1S/C22H30N2O4S/c1-5-18-8-12-20(13-9-18)24(29(4,26)27)16-6-7-22(25)23-17(2)19-10-14-21(28-3)15-11-19/h8-15,17H,5-7,16H2,1-4H3,(H,23,25). The molecular weight excluding hydrogens is 388 g/mol. The number of hydrogen-bond acceptors (Lipinski definition) is 4. The van der Waals surface area contributed by atoms with Crippen molar-refractivity contribution in [3.05, 3.63) is 59.7 Å². The van der Waals surface area contributed by atoms with E-state index < -0.39 is 10.0 Å². The second-order valence-corrected chi connectivity index (χ2v) is 8.93. The third kappa shape index (κ3) is 6.78. The van der Waals surface area contributed by atoms with Crippen LogP contribution in [0.15, 0.2) is 48.5 Å². The highest BCUT2D eigenvalue weighted by molar-refractivity contribution is 7.92. The highest BCUT2D eigenvalue weighted by Crippen LogP contribution is 2.20. The molecule has 0 heterocycles. The molecule has 29 heavy (non-hydrogen) atoms. The number of sulfonamides is 1. The molecular formula is C22H30N2O4S. The van der Waals surface area contributed by atoms with E-state index >= 15 is 0 Å². The van der Waals surface area contributed by atoms with Crippen LogP contribution in [0.5, 0.6) is 5.75 Å². The number of rotatable bonds is 10. The van der Waals surface area contributed by atoms with Crippen molar-refractivity contribution in [3.63, 3.8) is 0 Å². The van der Waals surface area contributed by atoms with E-state index in [9.17, 15) is 13.2 Å². The maximum atomic E-state index is 12.3. The number of anilines is 1. The summed E-state index contributed by atoms with van der Waals surface area (Å²) < 4.78 is 30.9. The molecule has 0 aliphatic carbocycles. The molecule has 1 amide bonds. The summed E-state index contributed by atoms with van der Waals surface area (Å²) in [6, 6.07) is 14.9. The fraction of sp³-hybridized carbons (Fsp3) is 0.409. The fourth-order valence-corrected chi connectivity index (χ4v) is 4.02. The van der Waals surface area contributed by atoms with Crippen LogP contribution in [0.4, 0.5) is 5.69 Å². The Bertz CT molecular complexity index is 893. The number of amides is 1. The molecule has 2 aromatic rings. The number of hydrogen-bond donors (Lipinski definition) is 1. The quantitative estimate of drug-likeness (QED) is 0.639. The van der Waals surface area contributed by atoms with Crippen molar-refractivity contribution in [2.45, 2.75) is 39.2 Å². The smallest absolute Gasteiger partial charge is 0.232 e. The van der Waals surface area contributed by atoms with Crippen molar-refractivity contribution in [2.24, 2.45) is 0 Å². The normalized spacial score (nSPS) is 12.3. The molecule has 2 aromatic carbocycles. The number of carbonyl (C=O) groups excluding carboxylic acids is 1. The molecule has 2 rings (SSSR count). The zero-order valence-corrected chi connectivity index (χ0v) is 18.3. The van der Waals surface area contributed by atoms with Gasteiger partial charge in [0.05, 0.1) is 25.1 Å². The lowest BCUT2D eigenvalue weighted by atomic mass is 10.1. The molecule has 7 heteroatoms. The predicted molar refractivity (Wildman–Crippen MR) is 117 cm³/mol. The fourth-order valence-electron chi connectivity index (χ4n) is 3.06. The topological polar surface area (TPSA) is 75.7 Å². The number of methoxy groups -OCH3 is 1. The van der Waals surface area contributed by atoms with Crippen molar-refractivity contribution in [2.75, 3.05) is 24.2 Å². The summed E-state index contributed by atoms with van der Waals surface area (Å²) in [6.07, 6.45) is 2.77. The van der Waals surface area contributed by atoms with Gasteiger partial charge in [-0.15, -0.1) is 0 Å². The zero-order valence-electron chi connectivity index (χ0n) is 17.5. The van der Waals surface area contributed by atoms with Crippen molar-refractivity contribution >= 4 is 21.6 Å². The number of nitrogens with one attached hydrogen (secondary N) is 1. The highest BCUT2D eigenvalue weighted by atomic mass is 32.2. The van der Waals surface area contributed by atoms with Gasteiger partial charge in [-0.3, -0.25) is 9.10 Å². The molecule has 158 valence electrons. The van der Waals surface area contributed by atoms with E-state index in [4.69, 9.17) is 4.74 Å². The van der Waals surface area contributed by atoms with Crippen LogP contribution in [-0.2, 0) is 21.2 Å². The van der Waals surface area contributed by atoms with Crippen LogP contribution in [0.1, 0.15) is 43.9 Å². The molecule has 0 aliphatic heterocycles. The first-order valence-corrected chi connectivity index (χ1v) is 11.6. The molecule has 1 unspecified atom stereocenters. The van der Waals surface area contributed by atoms with Crippen molar-refractivity contribution < 1.29 is 17.9 Å². The van der Waals surface area contributed by atoms with Crippen LogP contribution in [-0.4, -0.2) is 34.2 Å². The molecule has 0 saturated heterocycles. The van der Waals surface area contributed by atoms with Gasteiger partial charge >= 0.3 is 0 Å². The molecule has 0 radical (unpaired) electrons. The Hall–Kier alpha value is -2.54. The van der Waals surface area contributed by atoms with Gasteiger partial charge in [-0.05, 0) is 55.2 Å². The Morgan fingerprint density at radius 3 is 2.24 bits per heavy atom. The van der Waals surface area contributed by atoms with Crippen molar-refractivity contribution in [3.8, 4) is 5.75 Å². The van der Waals surface area contributed by atoms with Crippen LogP contribution in [0.25, 0.3) is 0 Å². The van der Waals surface area contributed by atoms with Gasteiger partial charge in [0.15, 0.2) is 0 Å². The van der Waals surface area contributed by atoms with E-state index in [2.05, 4.69) is 12.2 Å². The maximum Gasteiger partial charge on any atom is 0.232 e. The summed E-state index contributed by atoms with van der Waals surface area (Å²) in [5.41, 5.74) is 2.75. The van der Waals surface area contributed by atoms with Gasteiger partial charge in [0, 0.05) is 13.0 Å². The maximum absolute atomic E-state index is 12.3. The second kappa shape index (κ2) is 10.3. The summed E-state index contributed by atoms with van der Waals surface area (Å²) in [4.78, 5) is 12.3. The third-order valence-electron chi connectivity index (χ3n) is 4.79. The third-order valence-corrected chi connectivity index (χ3v) is 5.99. The minimum Gasteiger partial charge on any atom is -0.497 e.